The Morgan fingerprint density at radius 2 is 1.68 bits per heavy atom. The van der Waals surface area contributed by atoms with Crippen LogP contribution in [0.1, 0.15) is 53.5 Å². The summed E-state index contributed by atoms with van der Waals surface area (Å²) in [6, 6.07) is 15.9. The molecule has 1 aliphatic carbocycles. The van der Waals surface area contributed by atoms with Crippen LogP contribution >= 0.6 is 23.2 Å². The number of aliphatic hydroxyl groups is 1. The topological polar surface area (TPSA) is 50.9 Å². The van der Waals surface area contributed by atoms with Crippen LogP contribution in [0.4, 0.5) is 8.78 Å². The fraction of sp³-hybridized carbons (Fsp3) is 0.212. The second-order valence-corrected chi connectivity index (χ2v) is 11.4. The first-order valence-corrected chi connectivity index (χ1v) is 14.2. The molecule has 0 fully saturated rings. The van der Waals surface area contributed by atoms with Crippen molar-refractivity contribution in [2.45, 2.75) is 38.6 Å². The maximum absolute atomic E-state index is 14.0. The summed E-state index contributed by atoms with van der Waals surface area (Å²) in [6.45, 7) is 4.95. The monoisotopic (exact) mass is 589 g/mol. The average molecular weight is 591 g/mol. The first kappa shape index (κ1) is 27.6. The Balaban J connectivity index is 0.000000148. The van der Waals surface area contributed by atoms with Crippen molar-refractivity contribution in [3.8, 4) is 11.3 Å². The van der Waals surface area contributed by atoms with Crippen LogP contribution in [0.15, 0.2) is 67.0 Å². The summed E-state index contributed by atoms with van der Waals surface area (Å²) in [7, 11) is 0. The first-order chi connectivity index (χ1) is 19.7. The molecule has 4 heterocycles. The minimum absolute atomic E-state index is 0.0326. The highest BCUT2D eigenvalue weighted by atomic mass is 35.5. The van der Waals surface area contributed by atoms with Crippen molar-refractivity contribution in [1.82, 2.24) is 14.5 Å². The number of pyridine rings is 2. The highest BCUT2D eigenvalue weighted by Gasteiger charge is 2.25. The normalized spacial score (nSPS) is 15.9. The van der Waals surface area contributed by atoms with Crippen LogP contribution < -0.4 is 0 Å². The molecule has 0 bridgehead atoms. The van der Waals surface area contributed by atoms with Crippen molar-refractivity contribution in [3.05, 3.63) is 117 Å². The predicted molar refractivity (Wildman–Crippen MR) is 161 cm³/mol. The van der Waals surface area contributed by atoms with E-state index in [0.29, 0.717) is 33.6 Å². The number of allylic oxidation sites excluding steroid dienone is 1. The Morgan fingerprint density at radius 3 is 2.44 bits per heavy atom. The second kappa shape index (κ2) is 11.0. The molecule has 7 rings (SSSR count). The number of fused-ring (bicyclic) bond motifs is 6. The summed E-state index contributed by atoms with van der Waals surface area (Å²) in [5.41, 5.74) is 8.67. The van der Waals surface area contributed by atoms with Gasteiger partial charge in [0.2, 0.25) is 0 Å². The van der Waals surface area contributed by atoms with Crippen molar-refractivity contribution >= 4 is 45.8 Å². The molecule has 3 aromatic heterocycles. The molecule has 0 radical (unpaired) electrons. The van der Waals surface area contributed by atoms with Crippen molar-refractivity contribution in [2.75, 3.05) is 6.61 Å². The zero-order valence-electron chi connectivity index (χ0n) is 22.5. The summed E-state index contributed by atoms with van der Waals surface area (Å²) >= 11 is 12.0. The highest BCUT2D eigenvalue weighted by Crippen LogP contribution is 2.41. The number of nitrogens with zero attached hydrogens (tertiary/aromatic N) is 3. The van der Waals surface area contributed by atoms with Crippen molar-refractivity contribution in [3.63, 3.8) is 0 Å². The molecular weight excluding hydrogens is 563 g/mol. The van der Waals surface area contributed by atoms with Gasteiger partial charge in [-0.1, -0.05) is 55.2 Å². The van der Waals surface area contributed by atoms with Gasteiger partial charge in [-0.2, -0.15) is 0 Å². The molecule has 2 aliphatic rings. The second-order valence-electron chi connectivity index (χ2n) is 10.6. The molecule has 0 spiro atoms. The lowest BCUT2D eigenvalue weighted by atomic mass is 9.93. The molecule has 2 unspecified atom stereocenters. The van der Waals surface area contributed by atoms with Crippen LogP contribution in [-0.4, -0.2) is 26.2 Å². The van der Waals surface area contributed by atoms with E-state index in [2.05, 4.69) is 21.5 Å². The molecule has 5 aromatic rings. The lowest BCUT2D eigenvalue weighted by Gasteiger charge is -2.25. The zero-order valence-corrected chi connectivity index (χ0v) is 24.0. The van der Waals surface area contributed by atoms with Gasteiger partial charge in [-0.15, -0.1) is 0 Å². The highest BCUT2D eigenvalue weighted by molar-refractivity contribution is 6.30. The van der Waals surface area contributed by atoms with Crippen molar-refractivity contribution < 1.29 is 13.9 Å². The molecule has 0 amide bonds. The molecule has 4 nitrogen and oxygen atoms in total. The number of benzene rings is 2. The zero-order chi connectivity index (χ0) is 28.8. The SMILES string of the molecule is CC(CO)c1cnc(Cl)cc1C1=Cc2c(F)cccc2C1.CC1Cn2c(cc3c(F)cccc32)-c2cc(Cl)ncc21. The Morgan fingerprint density at radius 1 is 0.976 bits per heavy atom. The van der Waals surface area contributed by atoms with Crippen molar-refractivity contribution in [2.24, 2.45) is 0 Å². The Hall–Kier alpha value is -3.58. The van der Waals surface area contributed by atoms with Crippen LogP contribution in [0.5, 0.6) is 0 Å². The van der Waals surface area contributed by atoms with Gasteiger partial charge in [-0.3, -0.25) is 0 Å². The molecule has 0 saturated carbocycles. The quantitative estimate of drug-likeness (QED) is 0.214. The smallest absolute Gasteiger partial charge is 0.132 e. The molecule has 8 heteroatoms. The van der Waals surface area contributed by atoms with Gasteiger partial charge in [0.1, 0.15) is 21.9 Å². The number of halogens is 4. The maximum atomic E-state index is 14.0. The molecule has 41 heavy (non-hydrogen) atoms. The van der Waals surface area contributed by atoms with Crippen LogP contribution in [0.3, 0.4) is 0 Å². The third kappa shape index (κ3) is 5.05. The average Bonchev–Trinajstić information content (AvgIpc) is 3.57. The van der Waals surface area contributed by atoms with E-state index in [4.69, 9.17) is 23.2 Å². The van der Waals surface area contributed by atoms with Gasteiger partial charge in [-0.05, 0) is 76.7 Å². The Bertz CT molecular complexity index is 1830. The van der Waals surface area contributed by atoms with E-state index in [1.807, 2.05) is 43.5 Å². The number of hydrogen-bond donors (Lipinski definition) is 1. The standard InChI is InChI=1S/C17H15ClFNO.C16H12ClFN2/c1-10(9-21)15-8-20-17(18)7-13(15)12-5-11-3-2-4-16(19)14(11)6-12;1-9-8-20-14-4-2-3-13(18)11(14)5-15(20)10-6-16(17)19-7-12(9)10/h2-4,6-8,10,21H,5,9H2,1H3;2-7,9H,8H2,1H3. The van der Waals surface area contributed by atoms with Gasteiger partial charge < -0.3 is 9.67 Å². The van der Waals surface area contributed by atoms with Gasteiger partial charge in [0, 0.05) is 59.6 Å². The third-order valence-corrected chi connectivity index (χ3v) is 8.37. The minimum atomic E-state index is -0.209. The van der Waals surface area contributed by atoms with Crippen molar-refractivity contribution in [1.29, 1.82) is 0 Å². The van der Waals surface area contributed by atoms with E-state index in [-0.39, 0.29) is 24.2 Å². The Labute approximate surface area is 246 Å². The maximum Gasteiger partial charge on any atom is 0.132 e. The van der Waals surface area contributed by atoms with Crippen LogP contribution in [0.2, 0.25) is 10.3 Å². The summed E-state index contributed by atoms with van der Waals surface area (Å²) in [6.07, 6.45) is 6.06. The fourth-order valence-electron chi connectivity index (χ4n) is 5.81. The number of aromatic nitrogens is 3. The van der Waals surface area contributed by atoms with Gasteiger partial charge >= 0.3 is 0 Å². The van der Waals surface area contributed by atoms with Gasteiger partial charge in [0.05, 0.1) is 5.52 Å². The van der Waals surface area contributed by atoms with E-state index in [0.717, 1.165) is 45.6 Å². The molecule has 2 atom stereocenters. The van der Waals surface area contributed by atoms with E-state index in [1.54, 1.807) is 24.4 Å². The molecule has 1 aliphatic heterocycles. The molecular formula is C33H27Cl2F2N3O. The summed E-state index contributed by atoms with van der Waals surface area (Å²) < 4.78 is 30.0. The van der Waals surface area contributed by atoms with Gasteiger partial charge in [0.15, 0.2) is 0 Å². The molecule has 2 aromatic carbocycles. The minimum Gasteiger partial charge on any atom is -0.396 e. The van der Waals surface area contributed by atoms with Crippen LogP contribution in [-0.2, 0) is 13.0 Å². The van der Waals surface area contributed by atoms with Crippen LogP contribution in [0.25, 0.3) is 33.8 Å². The number of aliphatic hydroxyl groups excluding tert-OH is 1. The molecule has 1 N–H and O–H groups in total. The van der Waals surface area contributed by atoms with E-state index in [1.165, 1.54) is 17.7 Å². The van der Waals surface area contributed by atoms with Gasteiger partial charge in [0.25, 0.3) is 0 Å². The first-order valence-electron chi connectivity index (χ1n) is 13.4. The fourth-order valence-corrected chi connectivity index (χ4v) is 6.12. The van der Waals surface area contributed by atoms with E-state index >= 15 is 0 Å². The largest absolute Gasteiger partial charge is 0.396 e. The van der Waals surface area contributed by atoms with E-state index < -0.39 is 0 Å². The van der Waals surface area contributed by atoms with Crippen LogP contribution in [0, 0.1) is 11.6 Å². The number of rotatable bonds is 3. The molecule has 0 saturated heterocycles. The van der Waals surface area contributed by atoms with E-state index in [9.17, 15) is 13.9 Å². The summed E-state index contributed by atoms with van der Waals surface area (Å²) in [4.78, 5) is 8.27. The summed E-state index contributed by atoms with van der Waals surface area (Å²) in [5, 5.41) is 10.9. The molecule has 208 valence electrons. The lowest BCUT2D eigenvalue weighted by Crippen LogP contribution is -2.14. The third-order valence-electron chi connectivity index (χ3n) is 7.95. The summed E-state index contributed by atoms with van der Waals surface area (Å²) in [5.74, 6) is -0.0986. The van der Waals surface area contributed by atoms with Gasteiger partial charge in [-0.25, -0.2) is 18.7 Å². The lowest BCUT2D eigenvalue weighted by molar-refractivity contribution is 0.272. The Kier molecular flexibility index (Phi) is 7.41. The number of hydrogen-bond acceptors (Lipinski definition) is 3. The predicted octanol–water partition coefficient (Wildman–Crippen LogP) is 8.68.